The van der Waals surface area contributed by atoms with Gasteiger partial charge in [0.1, 0.15) is 12.4 Å². The highest BCUT2D eigenvalue weighted by molar-refractivity contribution is 5.76. The van der Waals surface area contributed by atoms with Gasteiger partial charge in [-0.2, -0.15) is 0 Å². The van der Waals surface area contributed by atoms with Crippen molar-refractivity contribution < 1.29 is 14.3 Å². The number of hydrazine groups is 1. The standard InChI is InChI=1S/C14H22N2O3/c1-10(2)11-5-6-12(13(7-11)18-4)8-19-9-14(17)16(3)15/h5-7,10H,8-9,15H2,1-4H3. The molecule has 0 fully saturated rings. The minimum atomic E-state index is -0.266. The number of rotatable bonds is 6. The van der Waals surface area contributed by atoms with Crippen molar-refractivity contribution in [1.82, 2.24) is 5.01 Å². The van der Waals surface area contributed by atoms with Gasteiger partial charge in [0.15, 0.2) is 0 Å². The lowest BCUT2D eigenvalue weighted by atomic mass is 10.0. The number of nitrogens with two attached hydrogens (primary N) is 1. The van der Waals surface area contributed by atoms with Crippen LogP contribution in [-0.4, -0.2) is 31.7 Å². The van der Waals surface area contributed by atoms with Gasteiger partial charge in [0.2, 0.25) is 0 Å². The molecule has 0 atom stereocenters. The van der Waals surface area contributed by atoms with E-state index in [0.29, 0.717) is 12.5 Å². The van der Waals surface area contributed by atoms with E-state index < -0.39 is 0 Å². The summed E-state index contributed by atoms with van der Waals surface area (Å²) in [5, 5.41) is 1.01. The lowest BCUT2D eigenvalue weighted by Crippen LogP contribution is -2.35. The average molecular weight is 266 g/mol. The number of likely N-dealkylation sites (N-methyl/N-ethyl adjacent to an activating group) is 1. The van der Waals surface area contributed by atoms with Crippen LogP contribution < -0.4 is 10.6 Å². The summed E-state index contributed by atoms with van der Waals surface area (Å²) in [7, 11) is 3.12. The molecule has 0 heterocycles. The fraction of sp³-hybridized carbons (Fsp3) is 0.500. The van der Waals surface area contributed by atoms with Crippen LogP contribution in [-0.2, 0) is 16.1 Å². The molecule has 0 saturated heterocycles. The van der Waals surface area contributed by atoms with Crippen molar-refractivity contribution in [3.8, 4) is 5.75 Å². The molecule has 0 aliphatic carbocycles. The maximum absolute atomic E-state index is 11.3. The molecular formula is C14H22N2O3. The number of methoxy groups -OCH3 is 1. The van der Waals surface area contributed by atoms with E-state index in [1.807, 2.05) is 18.2 Å². The second kappa shape index (κ2) is 7.11. The van der Waals surface area contributed by atoms with Crippen LogP contribution in [0.3, 0.4) is 0 Å². The number of benzene rings is 1. The van der Waals surface area contributed by atoms with Gasteiger partial charge in [-0.15, -0.1) is 0 Å². The smallest absolute Gasteiger partial charge is 0.262 e. The normalized spacial score (nSPS) is 10.6. The second-order valence-electron chi connectivity index (χ2n) is 4.72. The maximum Gasteiger partial charge on any atom is 0.262 e. The summed E-state index contributed by atoms with van der Waals surface area (Å²) in [6.45, 7) is 4.53. The highest BCUT2D eigenvalue weighted by atomic mass is 16.5. The average Bonchev–Trinajstić information content (AvgIpc) is 2.38. The van der Waals surface area contributed by atoms with Crippen molar-refractivity contribution in [2.45, 2.75) is 26.4 Å². The monoisotopic (exact) mass is 266 g/mol. The molecule has 0 aliphatic rings. The Kier molecular flexibility index (Phi) is 5.79. The lowest BCUT2D eigenvalue weighted by Gasteiger charge is -2.14. The van der Waals surface area contributed by atoms with Gasteiger partial charge in [-0.3, -0.25) is 9.80 Å². The molecule has 0 saturated carbocycles. The van der Waals surface area contributed by atoms with Gasteiger partial charge in [-0.1, -0.05) is 26.0 Å². The Morgan fingerprint density at radius 2 is 2.11 bits per heavy atom. The molecule has 0 bridgehead atoms. The molecule has 19 heavy (non-hydrogen) atoms. The van der Waals surface area contributed by atoms with Crippen molar-refractivity contribution >= 4 is 5.91 Å². The van der Waals surface area contributed by atoms with Gasteiger partial charge in [-0.25, -0.2) is 5.84 Å². The van der Waals surface area contributed by atoms with Crippen molar-refractivity contribution in [1.29, 1.82) is 0 Å². The van der Waals surface area contributed by atoms with Crippen LogP contribution in [0.25, 0.3) is 0 Å². The minimum Gasteiger partial charge on any atom is -0.496 e. The van der Waals surface area contributed by atoms with Gasteiger partial charge in [0, 0.05) is 12.6 Å². The third-order valence-corrected chi connectivity index (χ3v) is 2.85. The van der Waals surface area contributed by atoms with Gasteiger partial charge in [0.25, 0.3) is 5.91 Å². The number of nitrogens with zero attached hydrogens (tertiary/aromatic N) is 1. The Labute approximate surface area is 114 Å². The molecule has 106 valence electrons. The molecule has 1 aromatic carbocycles. The summed E-state index contributed by atoms with van der Waals surface area (Å²) >= 11 is 0. The number of carbonyl (C=O) groups excluding carboxylic acids is 1. The summed E-state index contributed by atoms with van der Waals surface area (Å²) in [6, 6.07) is 6.01. The van der Waals surface area contributed by atoms with E-state index in [1.165, 1.54) is 12.6 Å². The Hall–Kier alpha value is -1.59. The number of hydrogen-bond donors (Lipinski definition) is 1. The Morgan fingerprint density at radius 3 is 2.63 bits per heavy atom. The topological polar surface area (TPSA) is 64.8 Å². The van der Waals surface area contributed by atoms with Crippen LogP contribution in [0.4, 0.5) is 0 Å². The first-order valence-corrected chi connectivity index (χ1v) is 6.21. The van der Waals surface area contributed by atoms with E-state index in [1.54, 1.807) is 7.11 Å². The van der Waals surface area contributed by atoms with E-state index >= 15 is 0 Å². The van der Waals surface area contributed by atoms with E-state index in [9.17, 15) is 4.79 Å². The van der Waals surface area contributed by atoms with Crippen LogP contribution in [0.2, 0.25) is 0 Å². The summed E-state index contributed by atoms with van der Waals surface area (Å²) in [5.41, 5.74) is 2.12. The summed E-state index contributed by atoms with van der Waals surface area (Å²) in [5.74, 6) is 6.26. The van der Waals surface area contributed by atoms with Gasteiger partial charge in [0.05, 0.1) is 13.7 Å². The molecule has 1 amide bonds. The van der Waals surface area contributed by atoms with E-state index in [2.05, 4.69) is 13.8 Å². The predicted octanol–water partition coefficient (Wildman–Crippen LogP) is 1.67. The van der Waals surface area contributed by atoms with Crippen molar-refractivity contribution in [3.05, 3.63) is 29.3 Å². The number of carbonyl (C=O) groups is 1. The zero-order valence-corrected chi connectivity index (χ0v) is 12.0. The number of ether oxygens (including phenoxy) is 2. The van der Waals surface area contributed by atoms with Crippen LogP contribution in [0.1, 0.15) is 30.9 Å². The molecule has 0 aliphatic heterocycles. The summed E-state index contributed by atoms with van der Waals surface area (Å²) in [4.78, 5) is 11.3. The Bertz CT molecular complexity index is 431. The first-order chi connectivity index (χ1) is 8.95. The van der Waals surface area contributed by atoms with Gasteiger partial charge < -0.3 is 9.47 Å². The van der Waals surface area contributed by atoms with E-state index in [4.69, 9.17) is 15.3 Å². The van der Waals surface area contributed by atoms with Crippen LogP contribution in [0, 0.1) is 0 Å². The second-order valence-corrected chi connectivity index (χ2v) is 4.72. The van der Waals surface area contributed by atoms with Crippen LogP contribution in [0.15, 0.2) is 18.2 Å². The third kappa shape index (κ3) is 4.54. The van der Waals surface area contributed by atoms with E-state index in [-0.39, 0.29) is 12.5 Å². The largest absolute Gasteiger partial charge is 0.496 e. The fourth-order valence-electron chi connectivity index (χ4n) is 1.59. The molecule has 1 rings (SSSR count). The highest BCUT2D eigenvalue weighted by Gasteiger charge is 2.09. The van der Waals surface area contributed by atoms with Crippen molar-refractivity contribution in [2.24, 2.45) is 5.84 Å². The Morgan fingerprint density at radius 1 is 1.42 bits per heavy atom. The molecule has 0 unspecified atom stereocenters. The maximum atomic E-state index is 11.3. The molecule has 2 N–H and O–H groups in total. The molecule has 1 aromatic rings. The molecule has 0 radical (unpaired) electrons. The highest BCUT2D eigenvalue weighted by Crippen LogP contribution is 2.25. The van der Waals surface area contributed by atoms with Crippen molar-refractivity contribution in [3.63, 3.8) is 0 Å². The van der Waals surface area contributed by atoms with Gasteiger partial charge in [-0.05, 0) is 17.5 Å². The molecule has 5 nitrogen and oxygen atoms in total. The zero-order valence-electron chi connectivity index (χ0n) is 12.0. The summed E-state index contributed by atoms with van der Waals surface area (Å²) < 4.78 is 10.7. The minimum absolute atomic E-state index is 0.0396. The van der Waals surface area contributed by atoms with Crippen molar-refractivity contribution in [2.75, 3.05) is 20.8 Å². The van der Waals surface area contributed by atoms with Crippen LogP contribution >= 0.6 is 0 Å². The zero-order chi connectivity index (χ0) is 14.4. The molecular weight excluding hydrogens is 244 g/mol. The number of hydrogen-bond acceptors (Lipinski definition) is 4. The lowest BCUT2D eigenvalue weighted by molar-refractivity contribution is -0.135. The SMILES string of the molecule is COc1cc(C(C)C)ccc1COCC(=O)N(C)N. The molecule has 0 aromatic heterocycles. The predicted molar refractivity (Wildman–Crippen MR) is 73.7 cm³/mol. The molecule has 5 heteroatoms. The quantitative estimate of drug-likeness (QED) is 0.483. The Balaban J connectivity index is 2.65. The number of amides is 1. The third-order valence-electron chi connectivity index (χ3n) is 2.85. The van der Waals surface area contributed by atoms with Crippen LogP contribution in [0.5, 0.6) is 5.75 Å². The first-order valence-electron chi connectivity index (χ1n) is 6.21. The summed E-state index contributed by atoms with van der Waals surface area (Å²) in [6.07, 6.45) is 0. The van der Waals surface area contributed by atoms with Gasteiger partial charge >= 0.3 is 0 Å². The molecule has 0 spiro atoms. The fourth-order valence-corrected chi connectivity index (χ4v) is 1.59. The van der Waals surface area contributed by atoms with E-state index in [0.717, 1.165) is 16.3 Å². The first kappa shape index (κ1) is 15.5.